The summed E-state index contributed by atoms with van der Waals surface area (Å²) in [4.78, 5) is 2.36. The third-order valence-corrected chi connectivity index (χ3v) is 4.28. The standard InChI is InChI=1S/C17H27ClN2O2/c1-2-3-4-9-22-17-6-5-14(18)12-15(17)16(13-19)20-7-10-21-11-8-20/h5-6,12,16H,2-4,7-11,13,19H2,1H3. The number of benzene rings is 1. The van der Waals surface area contributed by atoms with E-state index in [1.807, 2.05) is 18.2 Å². The van der Waals surface area contributed by atoms with Crippen LogP contribution in [0.4, 0.5) is 0 Å². The van der Waals surface area contributed by atoms with Crippen LogP contribution >= 0.6 is 11.6 Å². The molecule has 0 aromatic heterocycles. The van der Waals surface area contributed by atoms with Crippen molar-refractivity contribution >= 4 is 11.6 Å². The Balaban J connectivity index is 2.12. The fraction of sp³-hybridized carbons (Fsp3) is 0.647. The van der Waals surface area contributed by atoms with Crippen molar-refractivity contribution in [2.75, 3.05) is 39.5 Å². The lowest BCUT2D eigenvalue weighted by atomic mass is 10.0. The molecule has 0 saturated carbocycles. The third kappa shape index (κ3) is 4.85. The summed E-state index contributed by atoms with van der Waals surface area (Å²) >= 11 is 6.20. The minimum Gasteiger partial charge on any atom is -0.493 e. The van der Waals surface area contributed by atoms with Crippen LogP contribution < -0.4 is 10.5 Å². The molecule has 1 saturated heterocycles. The van der Waals surface area contributed by atoms with Gasteiger partial charge >= 0.3 is 0 Å². The Bertz CT molecular complexity index is 450. The van der Waals surface area contributed by atoms with Gasteiger partial charge < -0.3 is 15.2 Å². The van der Waals surface area contributed by atoms with Crippen molar-refractivity contribution in [2.24, 2.45) is 5.73 Å². The lowest BCUT2D eigenvalue weighted by Crippen LogP contribution is -2.42. The highest BCUT2D eigenvalue weighted by Gasteiger charge is 2.24. The van der Waals surface area contributed by atoms with Crippen LogP contribution in [-0.2, 0) is 4.74 Å². The second-order valence-corrected chi connectivity index (χ2v) is 6.07. The molecule has 0 bridgehead atoms. The van der Waals surface area contributed by atoms with Crippen LogP contribution in [0.3, 0.4) is 0 Å². The zero-order chi connectivity index (χ0) is 15.8. The molecule has 1 fully saturated rings. The van der Waals surface area contributed by atoms with Gasteiger partial charge in [0.1, 0.15) is 5.75 Å². The van der Waals surface area contributed by atoms with Crippen LogP contribution in [0.5, 0.6) is 5.75 Å². The molecular formula is C17H27ClN2O2. The van der Waals surface area contributed by atoms with Gasteiger partial charge in [-0.1, -0.05) is 31.4 Å². The molecule has 5 heteroatoms. The summed E-state index contributed by atoms with van der Waals surface area (Å²) in [5.41, 5.74) is 7.14. The van der Waals surface area contributed by atoms with Crippen molar-refractivity contribution in [3.05, 3.63) is 28.8 Å². The fourth-order valence-electron chi connectivity index (χ4n) is 2.81. The van der Waals surface area contributed by atoms with Crippen molar-refractivity contribution in [1.29, 1.82) is 0 Å². The molecular weight excluding hydrogens is 300 g/mol. The van der Waals surface area contributed by atoms with Crippen molar-refractivity contribution in [3.8, 4) is 5.75 Å². The molecule has 0 amide bonds. The highest BCUT2D eigenvalue weighted by molar-refractivity contribution is 6.30. The summed E-state index contributed by atoms with van der Waals surface area (Å²) in [6.45, 7) is 6.77. The van der Waals surface area contributed by atoms with Gasteiger partial charge in [0.2, 0.25) is 0 Å². The number of rotatable bonds is 8. The van der Waals surface area contributed by atoms with Gasteiger partial charge in [-0.2, -0.15) is 0 Å². The van der Waals surface area contributed by atoms with E-state index in [0.29, 0.717) is 6.54 Å². The number of morpholine rings is 1. The summed E-state index contributed by atoms with van der Waals surface area (Å²) < 4.78 is 11.4. The maximum absolute atomic E-state index is 6.20. The molecule has 124 valence electrons. The summed E-state index contributed by atoms with van der Waals surface area (Å²) in [6, 6.07) is 5.97. The zero-order valence-electron chi connectivity index (χ0n) is 13.4. The van der Waals surface area contributed by atoms with Crippen LogP contribution in [0.15, 0.2) is 18.2 Å². The Morgan fingerprint density at radius 1 is 1.32 bits per heavy atom. The second-order valence-electron chi connectivity index (χ2n) is 5.64. The predicted octanol–water partition coefficient (Wildman–Crippen LogP) is 3.24. The number of halogens is 1. The third-order valence-electron chi connectivity index (χ3n) is 4.05. The highest BCUT2D eigenvalue weighted by atomic mass is 35.5. The van der Waals surface area contributed by atoms with Crippen LogP contribution in [0.1, 0.15) is 37.8 Å². The SMILES string of the molecule is CCCCCOc1ccc(Cl)cc1C(CN)N1CCOCC1. The zero-order valence-corrected chi connectivity index (χ0v) is 14.1. The Labute approximate surface area is 138 Å². The van der Waals surface area contributed by atoms with E-state index < -0.39 is 0 Å². The number of hydrogen-bond donors (Lipinski definition) is 1. The second kappa shape index (κ2) is 9.36. The van der Waals surface area contributed by atoms with Gasteiger partial charge in [0, 0.05) is 30.2 Å². The average molecular weight is 327 g/mol. The van der Waals surface area contributed by atoms with E-state index in [2.05, 4.69) is 11.8 Å². The Hall–Kier alpha value is -0.810. The van der Waals surface area contributed by atoms with E-state index >= 15 is 0 Å². The molecule has 0 aliphatic carbocycles. The van der Waals surface area contributed by atoms with Crippen LogP contribution in [-0.4, -0.2) is 44.4 Å². The highest BCUT2D eigenvalue weighted by Crippen LogP contribution is 2.32. The van der Waals surface area contributed by atoms with E-state index in [4.69, 9.17) is 26.8 Å². The maximum atomic E-state index is 6.20. The lowest BCUT2D eigenvalue weighted by molar-refractivity contribution is 0.0173. The molecule has 1 atom stereocenters. The molecule has 1 aliphatic heterocycles. The molecule has 22 heavy (non-hydrogen) atoms. The Kier molecular flexibility index (Phi) is 7.46. The first-order valence-electron chi connectivity index (χ1n) is 8.20. The van der Waals surface area contributed by atoms with E-state index in [0.717, 1.165) is 55.7 Å². The van der Waals surface area contributed by atoms with Crippen molar-refractivity contribution in [1.82, 2.24) is 4.90 Å². The van der Waals surface area contributed by atoms with Gasteiger partial charge in [-0.15, -0.1) is 0 Å². The van der Waals surface area contributed by atoms with Gasteiger partial charge in [0.25, 0.3) is 0 Å². The van der Waals surface area contributed by atoms with Crippen molar-refractivity contribution in [2.45, 2.75) is 32.2 Å². The summed E-state index contributed by atoms with van der Waals surface area (Å²) in [6.07, 6.45) is 3.45. The quantitative estimate of drug-likeness (QED) is 0.745. The molecule has 4 nitrogen and oxygen atoms in total. The summed E-state index contributed by atoms with van der Waals surface area (Å²) in [5, 5.41) is 0.725. The Morgan fingerprint density at radius 3 is 2.77 bits per heavy atom. The van der Waals surface area contributed by atoms with E-state index in [1.165, 1.54) is 12.8 Å². The number of ether oxygens (including phenoxy) is 2. The molecule has 2 rings (SSSR count). The maximum Gasteiger partial charge on any atom is 0.124 e. The number of hydrogen-bond acceptors (Lipinski definition) is 4. The van der Waals surface area contributed by atoms with Gasteiger partial charge in [0.05, 0.1) is 25.9 Å². The van der Waals surface area contributed by atoms with Gasteiger partial charge in [-0.05, 0) is 24.6 Å². The van der Waals surface area contributed by atoms with E-state index in [1.54, 1.807) is 0 Å². The summed E-state index contributed by atoms with van der Waals surface area (Å²) in [5.74, 6) is 0.905. The number of nitrogens with zero attached hydrogens (tertiary/aromatic N) is 1. The minimum absolute atomic E-state index is 0.128. The Morgan fingerprint density at radius 2 is 2.09 bits per heavy atom. The minimum atomic E-state index is 0.128. The molecule has 1 aromatic carbocycles. The van der Waals surface area contributed by atoms with E-state index in [-0.39, 0.29) is 6.04 Å². The fourth-order valence-corrected chi connectivity index (χ4v) is 2.99. The monoisotopic (exact) mass is 326 g/mol. The molecule has 1 unspecified atom stereocenters. The molecule has 2 N–H and O–H groups in total. The van der Waals surface area contributed by atoms with Crippen LogP contribution in [0.25, 0.3) is 0 Å². The normalized spacial score (nSPS) is 17.4. The molecule has 0 spiro atoms. The van der Waals surface area contributed by atoms with E-state index in [9.17, 15) is 0 Å². The lowest BCUT2D eigenvalue weighted by Gasteiger charge is -2.34. The van der Waals surface area contributed by atoms with Crippen molar-refractivity contribution in [3.63, 3.8) is 0 Å². The number of nitrogens with two attached hydrogens (primary N) is 1. The predicted molar refractivity (Wildman–Crippen MR) is 90.7 cm³/mol. The summed E-state index contributed by atoms with van der Waals surface area (Å²) in [7, 11) is 0. The molecule has 0 radical (unpaired) electrons. The molecule has 1 heterocycles. The molecule has 1 aromatic rings. The van der Waals surface area contributed by atoms with Crippen molar-refractivity contribution < 1.29 is 9.47 Å². The molecule has 1 aliphatic rings. The first kappa shape index (κ1) is 17.5. The van der Waals surface area contributed by atoms with Gasteiger partial charge in [-0.3, -0.25) is 4.90 Å². The first-order valence-corrected chi connectivity index (χ1v) is 8.58. The number of unbranched alkanes of at least 4 members (excludes halogenated alkanes) is 2. The average Bonchev–Trinajstić information content (AvgIpc) is 2.55. The van der Waals surface area contributed by atoms with Crippen LogP contribution in [0.2, 0.25) is 5.02 Å². The van der Waals surface area contributed by atoms with Gasteiger partial charge in [0.15, 0.2) is 0 Å². The van der Waals surface area contributed by atoms with Gasteiger partial charge in [-0.25, -0.2) is 0 Å². The van der Waals surface area contributed by atoms with Crippen LogP contribution in [0, 0.1) is 0 Å². The first-order chi connectivity index (χ1) is 10.8. The smallest absolute Gasteiger partial charge is 0.124 e. The largest absolute Gasteiger partial charge is 0.493 e. The topological polar surface area (TPSA) is 47.7 Å².